The molecule has 0 spiro atoms. The first-order chi connectivity index (χ1) is 11.2. The number of hydrogen-bond acceptors (Lipinski definition) is 5. The van der Waals surface area contributed by atoms with Crippen LogP contribution in [0.25, 0.3) is 11.1 Å². The summed E-state index contributed by atoms with van der Waals surface area (Å²) in [7, 11) is 0. The van der Waals surface area contributed by atoms with E-state index < -0.39 is 0 Å². The summed E-state index contributed by atoms with van der Waals surface area (Å²) in [6.07, 6.45) is 2.22. The van der Waals surface area contributed by atoms with Gasteiger partial charge >= 0.3 is 0 Å². The third kappa shape index (κ3) is 2.79. The van der Waals surface area contributed by atoms with E-state index in [9.17, 15) is 0 Å². The maximum atomic E-state index is 5.97. The summed E-state index contributed by atoms with van der Waals surface area (Å²) in [5, 5.41) is 0. The summed E-state index contributed by atoms with van der Waals surface area (Å²) in [4.78, 5) is 16.0. The Kier molecular flexibility index (Phi) is 3.48. The molecule has 1 fully saturated rings. The van der Waals surface area contributed by atoms with Crippen molar-refractivity contribution in [1.29, 1.82) is 0 Å². The van der Waals surface area contributed by atoms with Crippen molar-refractivity contribution in [2.75, 3.05) is 18.0 Å². The summed E-state index contributed by atoms with van der Waals surface area (Å²) in [5.74, 6) is 2.99. The lowest BCUT2D eigenvalue weighted by Crippen LogP contribution is -2.35. The van der Waals surface area contributed by atoms with E-state index in [1.165, 1.54) is 0 Å². The van der Waals surface area contributed by atoms with Crippen LogP contribution in [0.15, 0.2) is 34.7 Å². The van der Waals surface area contributed by atoms with Crippen molar-refractivity contribution < 1.29 is 4.42 Å². The summed E-state index contributed by atoms with van der Waals surface area (Å²) >= 11 is 0. The normalized spacial score (nSPS) is 18.5. The molecule has 0 bridgehead atoms. The lowest BCUT2D eigenvalue weighted by atomic mass is 9.98. The molecule has 0 N–H and O–H groups in total. The molecule has 2 aromatic heterocycles. The first kappa shape index (κ1) is 14.2. The minimum atomic E-state index is 0.312. The predicted molar refractivity (Wildman–Crippen MR) is 89.7 cm³/mol. The second-order valence-electron chi connectivity index (χ2n) is 6.22. The SMILES string of the molecule is Cc1cc(N2CCC[C@H](c3nc4ccccc4o3)C2)nc(C)n1. The van der Waals surface area contributed by atoms with Crippen LogP contribution in [0.2, 0.25) is 0 Å². The van der Waals surface area contributed by atoms with Crippen molar-refractivity contribution in [3.8, 4) is 0 Å². The van der Waals surface area contributed by atoms with Gasteiger partial charge in [-0.1, -0.05) is 12.1 Å². The fraction of sp³-hybridized carbons (Fsp3) is 0.389. The number of piperidine rings is 1. The van der Waals surface area contributed by atoms with Gasteiger partial charge in [-0.2, -0.15) is 0 Å². The van der Waals surface area contributed by atoms with Crippen LogP contribution in [0.3, 0.4) is 0 Å². The van der Waals surface area contributed by atoms with Crippen LogP contribution in [0.5, 0.6) is 0 Å². The van der Waals surface area contributed by atoms with E-state index in [-0.39, 0.29) is 0 Å². The summed E-state index contributed by atoms with van der Waals surface area (Å²) in [5.41, 5.74) is 2.82. The van der Waals surface area contributed by atoms with Gasteiger partial charge in [0.1, 0.15) is 17.2 Å². The third-order valence-electron chi connectivity index (χ3n) is 4.36. The van der Waals surface area contributed by atoms with E-state index in [0.717, 1.165) is 60.3 Å². The lowest BCUT2D eigenvalue weighted by Gasteiger charge is -2.32. The van der Waals surface area contributed by atoms with Gasteiger partial charge in [0.25, 0.3) is 0 Å². The van der Waals surface area contributed by atoms with Gasteiger partial charge in [-0.05, 0) is 38.8 Å². The maximum absolute atomic E-state index is 5.97. The number of benzene rings is 1. The van der Waals surface area contributed by atoms with E-state index in [0.29, 0.717) is 5.92 Å². The van der Waals surface area contributed by atoms with Gasteiger partial charge in [-0.15, -0.1) is 0 Å². The van der Waals surface area contributed by atoms with E-state index in [1.54, 1.807) is 0 Å². The summed E-state index contributed by atoms with van der Waals surface area (Å²) < 4.78 is 5.97. The Morgan fingerprint density at radius 2 is 2.00 bits per heavy atom. The number of anilines is 1. The molecule has 118 valence electrons. The summed E-state index contributed by atoms with van der Waals surface area (Å²) in [6.45, 7) is 5.87. The Morgan fingerprint density at radius 3 is 2.83 bits per heavy atom. The number of aryl methyl sites for hydroxylation is 2. The molecule has 5 heteroatoms. The molecule has 0 amide bonds. The molecule has 1 atom stereocenters. The number of rotatable bonds is 2. The lowest BCUT2D eigenvalue weighted by molar-refractivity contribution is 0.412. The summed E-state index contributed by atoms with van der Waals surface area (Å²) in [6, 6.07) is 10.0. The second-order valence-corrected chi connectivity index (χ2v) is 6.22. The van der Waals surface area contributed by atoms with Gasteiger partial charge in [0, 0.05) is 24.8 Å². The van der Waals surface area contributed by atoms with Gasteiger partial charge in [0.2, 0.25) is 0 Å². The molecule has 0 radical (unpaired) electrons. The Morgan fingerprint density at radius 1 is 1.13 bits per heavy atom. The molecular formula is C18H20N4O. The average molecular weight is 308 g/mol. The smallest absolute Gasteiger partial charge is 0.200 e. The average Bonchev–Trinajstić information content (AvgIpc) is 2.98. The van der Waals surface area contributed by atoms with Crippen molar-refractivity contribution in [2.45, 2.75) is 32.6 Å². The highest BCUT2D eigenvalue weighted by Crippen LogP contribution is 2.30. The van der Waals surface area contributed by atoms with Crippen LogP contribution < -0.4 is 4.90 Å². The highest BCUT2D eigenvalue weighted by Gasteiger charge is 2.26. The molecule has 1 aliphatic rings. The quantitative estimate of drug-likeness (QED) is 0.723. The van der Waals surface area contributed by atoms with Crippen LogP contribution in [-0.4, -0.2) is 28.0 Å². The predicted octanol–water partition coefficient (Wildman–Crippen LogP) is 3.62. The number of para-hydroxylation sites is 2. The number of nitrogens with zero attached hydrogens (tertiary/aromatic N) is 4. The fourth-order valence-electron chi connectivity index (χ4n) is 3.31. The fourth-order valence-corrected chi connectivity index (χ4v) is 3.31. The van der Waals surface area contributed by atoms with E-state index in [1.807, 2.05) is 38.1 Å². The monoisotopic (exact) mass is 308 g/mol. The molecule has 0 unspecified atom stereocenters. The number of hydrogen-bond donors (Lipinski definition) is 0. The standard InChI is InChI=1S/C18H20N4O/c1-12-10-17(20-13(2)19-12)22-9-5-6-14(11-22)18-21-15-7-3-4-8-16(15)23-18/h3-4,7-8,10,14H,5-6,9,11H2,1-2H3/t14-/m0/s1. The molecule has 1 aromatic carbocycles. The van der Waals surface area contributed by atoms with Crippen molar-refractivity contribution in [3.05, 3.63) is 47.7 Å². The van der Waals surface area contributed by atoms with Crippen LogP contribution >= 0.6 is 0 Å². The largest absolute Gasteiger partial charge is 0.440 e. The van der Waals surface area contributed by atoms with Gasteiger partial charge in [-0.25, -0.2) is 15.0 Å². The third-order valence-corrected chi connectivity index (χ3v) is 4.36. The second kappa shape index (κ2) is 5.65. The van der Waals surface area contributed by atoms with Crippen LogP contribution in [0.4, 0.5) is 5.82 Å². The van der Waals surface area contributed by atoms with E-state index in [4.69, 9.17) is 4.42 Å². The zero-order valence-electron chi connectivity index (χ0n) is 13.5. The van der Waals surface area contributed by atoms with Crippen molar-refractivity contribution in [3.63, 3.8) is 0 Å². The van der Waals surface area contributed by atoms with Gasteiger partial charge in [0.15, 0.2) is 11.5 Å². The Bertz CT molecular complexity index is 789. The maximum Gasteiger partial charge on any atom is 0.200 e. The molecule has 5 nitrogen and oxygen atoms in total. The molecule has 1 aliphatic heterocycles. The van der Waals surface area contributed by atoms with Gasteiger partial charge < -0.3 is 9.32 Å². The Hall–Kier alpha value is -2.43. The zero-order chi connectivity index (χ0) is 15.8. The first-order valence-corrected chi connectivity index (χ1v) is 8.12. The molecule has 3 heterocycles. The Balaban J connectivity index is 1.61. The number of aromatic nitrogens is 3. The van der Waals surface area contributed by atoms with Crippen molar-refractivity contribution >= 4 is 16.9 Å². The van der Waals surface area contributed by atoms with Crippen molar-refractivity contribution in [2.24, 2.45) is 0 Å². The van der Waals surface area contributed by atoms with E-state index in [2.05, 4.69) is 25.9 Å². The molecule has 0 aliphatic carbocycles. The van der Waals surface area contributed by atoms with Gasteiger partial charge in [-0.3, -0.25) is 0 Å². The molecule has 1 saturated heterocycles. The molecule has 4 rings (SSSR count). The first-order valence-electron chi connectivity index (χ1n) is 8.12. The highest BCUT2D eigenvalue weighted by atomic mass is 16.3. The number of oxazole rings is 1. The molecule has 0 saturated carbocycles. The van der Waals surface area contributed by atoms with Crippen LogP contribution in [-0.2, 0) is 0 Å². The van der Waals surface area contributed by atoms with Crippen LogP contribution in [0, 0.1) is 13.8 Å². The molecule has 23 heavy (non-hydrogen) atoms. The highest BCUT2D eigenvalue weighted by molar-refractivity contribution is 5.72. The minimum absolute atomic E-state index is 0.312. The minimum Gasteiger partial charge on any atom is -0.440 e. The zero-order valence-corrected chi connectivity index (χ0v) is 13.5. The number of fused-ring (bicyclic) bond motifs is 1. The van der Waals surface area contributed by atoms with Crippen molar-refractivity contribution in [1.82, 2.24) is 15.0 Å². The topological polar surface area (TPSA) is 55.1 Å². The van der Waals surface area contributed by atoms with Crippen LogP contribution in [0.1, 0.15) is 36.2 Å². The van der Waals surface area contributed by atoms with Gasteiger partial charge in [0.05, 0.1) is 5.92 Å². The molecular weight excluding hydrogens is 288 g/mol. The molecule has 3 aromatic rings. The van der Waals surface area contributed by atoms with E-state index >= 15 is 0 Å². The Labute approximate surface area is 135 Å².